The number of primary amides is 1. The molecule has 2 aromatic rings. The van der Waals surface area contributed by atoms with E-state index >= 15 is 0 Å². The minimum absolute atomic E-state index is 0.273. The zero-order valence-corrected chi connectivity index (χ0v) is 14.6. The highest BCUT2D eigenvalue weighted by Crippen LogP contribution is 2.16. The standard InChI is InChI=1S/C18H27N5O2/c19-17(24)5-7-20-8-6-18-21-15-3-1-2-4-16(15)23(18)10-9-22-11-13-25-14-12-22/h1-4,20H,5-14H2,(H2,19,24). The Balaban J connectivity index is 1.63. The van der Waals surface area contributed by atoms with E-state index in [0.29, 0.717) is 13.0 Å². The number of amides is 1. The number of para-hydroxylation sites is 2. The predicted octanol–water partition coefficient (Wildman–Crippen LogP) is 0.376. The number of fused-ring (bicyclic) bond motifs is 1. The number of aromatic nitrogens is 2. The first-order chi connectivity index (χ1) is 12.2. The maximum Gasteiger partial charge on any atom is 0.218 e. The molecule has 2 heterocycles. The lowest BCUT2D eigenvalue weighted by molar-refractivity contribution is -0.117. The first kappa shape index (κ1) is 17.8. The highest BCUT2D eigenvalue weighted by molar-refractivity contribution is 5.76. The van der Waals surface area contributed by atoms with E-state index in [1.807, 2.05) is 6.07 Å². The van der Waals surface area contributed by atoms with Crippen LogP contribution >= 0.6 is 0 Å². The molecule has 136 valence electrons. The number of morpholine rings is 1. The molecule has 0 atom stereocenters. The van der Waals surface area contributed by atoms with E-state index in [0.717, 1.165) is 63.7 Å². The van der Waals surface area contributed by atoms with Gasteiger partial charge in [-0.1, -0.05) is 12.1 Å². The van der Waals surface area contributed by atoms with E-state index in [1.54, 1.807) is 0 Å². The number of hydrogen-bond acceptors (Lipinski definition) is 5. The molecular weight excluding hydrogens is 318 g/mol. The number of benzene rings is 1. The van der Waals surface area contributed by atoms with E-state index in [4.69, 9.17) is 15.5 Å². The molecule has 25 heavy (non-hydrogen) atoms. The van der Waals surface area contributed by atoms with E-state index in [9.17, 15) is 4.79 Å². The molecule has 7 nitrogen and oxygen atoms in total. The largest absolute Gasteiger partial charge is 0.379 e. The number of nitrogens with zero attached hydrogens (tertiary/aromatic N) is 3. The summed E-state index contributed by atoms with van der Waals surface area (Å²) in [5, 5.41) is 3.26. The topological polar surface area (TPSA) is 85.4 Å². The lowest BCUT2D eigenvalue weighted by atomic mass is 10.3. The normalized spacial score (nSPS) is 15.7. The Morgan fingerprint density at radius 3 is 2.80 bits per heavy atom. The SMILES string of the molecule is NC(=O)CCNCCc1nc2ccccc2n1CCN1CCOCC1. The molecule has 0 unspecified atom stereocenters. The number of nitrogens with two attached hydrogens (primary N) is 1. The second kappa shape index (κ2) is 8.94. The summed E-state index contributed by atoms with van der Waals surface area (Å²) in [6.45, 7) is 6.97. The number of carbonyl (C=O) groups excluding carboxylic acids is 1. The van der Waals surface area contributed by atoms with E-state index in [2.05, 4.69) is 33.0 Å². The smallest absolute Gasteiger partial charge is 0.218 e. The number of hydrogen-bond donors (Lipinski definition) is 2. The second-order valence-corrected chi connectivity index (χ2v) is 6.34. The predicted molar refractivity (Wildman–Crippen MR) is 97.4 cm³/mol. The third-order valence-electron chi connectivity index (χ3n) is 4.55. The van der Waals surface area contributed by atoms with E-state index in [1.165, 1.54) is 5.52 Å². The number of nitrogens with one attached hydrogen (secondary N) is 1. The minimum Gasteiger partial charge on any atom is -0.379 e. The van der Waals surface area contributed by atoms with Crippen molar-refractivity contribution < 1.29 is 9.53 Å². The van der Waals surface area contributed by atoms with Crippen molar-refractivity contribution in [2.45, 2.75) is 19.4 Å². The van der Waals surface area contributed by atoms with Crippen LogP contribution in [0.1, 0.15) is 12.2 Å². The van der Waals surface area contributed by atoms with Crippen LogP contribution in [0.5, 0.6) is 0 Å². The van der Waals surface area contributed by atoms with Crippen LogP contribution in [0.2, 0.25) is 0 Å². The molecule has 3 N–H and O–H groups in total. The van der Waals surface area contributed by atoms with Crippen LogP contribution < -0.4 is 11.1 Å². The van der Waals surface area contributed by atoms with Crippen LogP contribution in [0.15, 0.2) is 24.3 Å². The number of rotatable bonds is 9. The van der Waals surface area contributed by atoms with Crippen LogP contribution in [-0.4, -0.2) is 66.3 Å². The molecule has 1 fully saturated rings. The fourth-order valence-corrected chi connectivity index (χ4v) is 3.17. The molecule has 0 aliphatic carbocycles. The maximum atomic E-state index is 10.8. The van der Waals surface area contributed by atoms with Gasteiger partial charge in [-0.05, 0) is 12.1 Å². The van der Waals surface area contributed by atoms with Crippen molar-refractivity contribution >= 4 is 16.9 Å². The average Bonchev–Trinajstić information content (AvgIpc) is 2.98. The zero-order valence-electron chi connectivity index (χ0n) is 14.6. The van der Waals surface area contributed by atoms with Gasteiger partial charge in [-0.25, -0.2) is 4.98 Å². The highest BCUT2D eigenvalue weighted by atomic mass is 16.5. The summed E-state index contributed by atoms with van der Waals surface area (Å²) < 4.78 is 7.74. The Hall–Kier alpha value is -1.96. The Labute approximate surface area is 148 Å². The summed E-state index contributed by atoms with van der Waals surface area (Å²) >= 11 is 0. The summed E-state index contributed by atoms with van der Waals surface area (Å²) in [7, 11) is 0. The molecule has 1 aliphatic heterocycles. The van der Waals surface area contributed by atoms with Crippen molar-refractivity contribution in [3.63, 3.8) is 0 Å². The summed E-state index contributed by atoms with van der Waals surface area (Å²) in [6, 6.07) is 8.27. The number of carbonyl (C=O) groups is 1. The van der Waals surface area contributed by atoms with Crippen LogP contribution in [0, 0.1) is 0 Å². The lowest BCUT2D eigenvalue weighted by Crippen LogP contribution is -2.38. The van der Waals surface area contributed by atoms with Gasteiger partial charge >= 0.3 is 0 Å². The van der Waals surface area contributed by atoms with Gasteiger partial charge in [-0.3, -0.25) is 9.69 Å². The fourth-order valence-electron chi connectivity index (χ4n) is 3.17. The molecule has 7 heteroatoms. The quantitative estimate of drug-likeness (QED) is 0.642. The van der Waals surface area contributed by atoms with Crippen molar-refractivity contribution in [3.8, 4) is 0 Å². The molecule has 0 saturated carbocycles. The molecule has 0 bridgehead atoms. The molecule has 1 aromatic carbocycles. The summed E-state index contributed by atoms with van der Waals surface area (Å²) in [5.41, 5.74) is 7.38. The van der Waals surface area contributed by atoms with Crippen LogP contribution in [-0.2, 0) is 22.5 Å². The van der Waals surface area contributed by atoms with E-state index in [-0.39, 0.29) is 5.91 Å². The van der Waals surface area contributed by atoms with Gasteiger partial charge in [-0.2, -0.15) is 0 Å². The van der Waals surface area contributed by atoms with Gasteiger partial charge in [0.2, 0.25) is 5.91 Å². The lowest BCUT2D eigenvalue weighted by Gasteiger charge is -2.27. The van der Waals surface area contributed by atoms with Crippen LogP contribution in [0.3, 0.4) is 0 Å². The Morgan fingerprint density at radius 1 is 1.20 bits per heavy atom. The van der Waals surface area contributed by atoms with Gasteiger partial charge < -0.3 is 20.4 Å². The summed E-state index contributed by atoms with van der Waals surface area (Å²) in [4.78, 5) is 18.0. The minimum atomic E-state index is -0.273. The molecule has 1 saturated heterocycles. The summed E-state index contributed by atoms with van der Waals surface area (Å²) in [5.74, 6) is 0.811. The fraction of sp³-hybridized carbons (Fsp3) is 0.556. The van der Waals surface area contributed by atoms with Crippen molar-refractivity contribution in [2.24, 2.45) is 5.73 Å². The van der Waals surface area contributed by atoms with Gasteiger partial charge in [0, 0.05) is 52.1 Å². The Morgan fingerprint density at radius 2 is 2.00 bits per heavy atom. The van der Waals surface area contributed by atoms with Crippen LogP contribution in [0.4, 0.5) is 0 Å². The Kier molecular flexibility index (Phi) is 6.38. The monoisotopic (exact) mass is 345 g/mol. The van der Waals surface area contributed by atoms with Crippen molar-refractivity contribution in [1.82, 2.24) is 19.8 Å². The maximum absolute atomic E-state index is 10.8. The first-order valence-electron chi connectivity index (χ1n) is 8.97. The third kappa shape index (κ3) is 5.01. The van der Waals surface area contributed by atoms with Gasteiger partial charge in [0.05, 0.1) is 24.2 Å². The van der Waals surface area contributed by atoms with Crippen molar-refractivity contribution in [2.75, 3.05) is 45.9 Å². The first-order valence-corrected chi connectivity index (χ1v) is 8.97. The molecule has 1 amide bonds. The third-order valence-corrected chi connectivity index (χ3v) is 4.55. The van der Waals surface area contributed by atoms with Gasteiger partial charge in [0.25, 0.3) is 0 Å². The summed E-state index contributed by atoms with van der Waals surface area (Å²) in [6.07, 6.45) is 1.20. The molecule has 3 rings (SSSR count). The van der Waals surface area contributed by atoms with Crippen molar-refractivity contribution in [3.05, 3.63) is 30.1 Å². The van der Waals surface area contributed by atoms with Crippen molar-refractivity contribution in [1.29, 1.82) is 0 Å². The Bertz CT molecular complexity index is 694. The molecule has 1 aromatic heterocycles. The van der Waals surface area contributed by atoms with Crippen LogP contribution in [0.25, 0.3) is 11.0 Å². The zero-order chi connectivity index (χ0) is 17.5. The second-order valence-electron chi connectivity index (χ2n) is 6.34. The average molecular weight is 345 g/mol. The molecular formula is C18H27N5O2. The molecule has 1 aliphatic rings. The van der Waals surface area contributed by atoms with E-state index < -0.39 is 0 Å². The van der Waals surface area contributed by atoms with Gasteiger partial charge in [0.15, 0.2) is 0 Å². The van der Waals surface area contributed by atoms with Gasteiger partial charge in [-0.15, -0.1) is 0 Å². The molecule has 0 radical (unpaired) electrons. The van der Waals surface area contributed by atoms with Gasteiger partial charge in [0.1, 0.15) is 5.82 Å². The number of imidazole rings is 1. The number of ether oxygens (including phenoxy) is 1. The highest BCUT2D eigenvalue weighted by Gasteiger charge is 2.14. The molecule has 0 spiro atoms.